The predicted octanol–water partition coefficient (Wildman–Crippen LogP) is 4.24. The molecule has 1 atom stereocenters. The average molecular weight is 295 g/mol. The zero-order chi connectivity index (χ0) is 13.4. The van der Waals surface area contributed by atoms with E-state index in [1.807, 2.05) is 17.5 Å². The van der Waals surface area contributed by atoms with Crippen molar-refractivity contribution in [3.05, 3.63) is 51.4 Å². The molecule has 1 unspecified atom stereocenters. The van der Waals surface area contributed by atoms with E-state index in [1.165, 1.54) is 11.3 Å². The average Bonchev–Trinajstić information content (AvgIpc) is 3.03. The summed E-state index contributed by atoms with van der Waals surface area (Å²) in [5.41, 5.74) is 0.703. The van der Waals surface area contributed by atoms with Crippen LogP contribution in [0.3, 0.4) is 0 Å². The summed E-state index contributed by atoms with van der Waals surface area (Å²) >= 11 is 7.36. The molecule has 2 heterocycles. The highest BCUT2D eigenvalue weighted by molar-refractivity contribution is 7.10. The van der Waals surface area contributed by atoms with Gasteiger partial charge in [-0.2, -0.15) is 0 Å². The molecule has 0 spiro atoms. The summed E-state index contributed by atoms with van der Waals surface area (Å²) in [5.74, 6) is 1.15. The Kier molecular flexibility index (Phi) is 3.22. The fourth-order valence-electron chi connectivity index (χ4n) is 1.98. The van der Waals surface area contributed by atoms with Gasteiger partial charge in [-0.1, -0.05) is 11.6 Å². The van der Waals surface area contributed by atoms with Crippen molar-refractivity contribution < 1.29 is 14.3 Å². The quantitative estimate of drug-likeness (QED) is 0.786. The van der Waals surface area contributed by atoms with Crippen LogP contribution in [0.15, 0.2) is 40.1 Å². The Morgan fingerprint density at radius 2 is 2.16 bits per heavy atom. The van der Waals surface area contributed by atoms with Crippen LogP contribution in [-0.2, 0) is 0 Å². The molecule has 0 aliphatic heterocycles. The summed E-state index contributed by atoms with van der Waals surface area (Å²) in [5, 5.41) is 13.8. The molecule has 1 aromatic carbocycles. The number of aliphatic hydroxyl groups is 1. The van der Waals surface area contributed by atoms with Gasteiger partial charge in [0.25, 0.3) is 0 Å². The predicted molar refractivity (Wildman–Crippen MR) is 76.2 cm³/mol. The largest absolute Gasteiger partial charge is 0.495 e. The monoisotopic (exact) mass is 294 g/mol. The van der Waals surface area contributed by atoms with Crippen LogP contribution in [0.1, 0.15) is 16.7 Å². The van der Waals surface area contributed by atoms with Gasteiger partial charge in [0.15, 0.2) is 0 Å². The molecule has 0 bridgehead atoms. The Morgan fingerprint density at radius 3 is 2.95 bits per heavy atom. The van der Waals surface area contributed by atoms with Crippen LogP contribution in [0.4, 0.5) is 0 Å². The molecule has 3 aromatic rings. The third-order valence-electron chi connectivity index (χ3n) is 2.89. The number of hydrogen-bond donors (Lipinski definition) is 1. The smallest absolute Gasteiger partial charge is 0.149 e. The fourth-order valence-corrected chi connectivity index (χ4v) is 3.01. The number of hydrogen-bond acceptors (Lipinski definition) is 4. The van der Waals surface area contributed by atoms with E-state index >= 15 is 0 Å². The Balaban J connectivity index is 2.04. The maximum Gasteiger partial charge on any atom is 0.149 e. The van der Waals surface area contributed by atoms with Crippen LogP contribution in [0.2, 0.25) is 5.02 Å². The molecule has 2 aromatic heterocycles. The molecule has 0 amide bonds. The maximum atomic E-state index is 10.4. The molecule has 3 rings (SSSR count). The topological polar surface area (TPSA) is 42.6 Å². The van der Waals surface area contributed by atoms with E-state index in [9.17, 15) is 5.11 Å². The van der Waals surface area contributed by atoms with Crippen molar-refractivity contribution in [1.29, 1.82) is 0 Å². The van der Waals surface area contributed by atoms with Gasteiger partial charge in [0.2, 0.25) is 0 Å². The Hall–Kier alpha value is -1.49. The van der Waals surface area contributed by atoms with Gasteiger partial charge in [0.05, 0.1) is 12.0 Å². The second kappa shape index (κ2) is 4.89. The molecule has 0 saturated carbocycles. The number of fused-ring (bicyclic) bond motifs is 1. The van der Waals surface area contributed by atoms with Crippen molar-refractivity contribution in [1.82, 2.24) is 0 Å². The van der Waals surface area contributed by atoms with E-state index in [4.69, 9.17) is 20.8 Å². The summed E-state index contributed by atoms with van der Waals surface area (Å²) in [7, 11) is 1.58. The third kappa shape index (κ3) is 2.23. The first-order valence-corrected chi connectivity index (χ1v) is 6.93. The lowest BCUT2D eigenvalue weighted by molar-refractivity contribution is 0.192. The Morgan fingerprint density at radius 1 is 1.32 bits per heavy atom. The van der Waals surface area contributed by atoms with Gasteiger partial charge in [-0.05, 0) is 35.7 Å². The number of ether oxygens (including phenoxy) is 1. The van der Waals surface area contributed by atoms with Crippen LogP contribution in [0.5, 0.6) is 5.75 Å². The molecule has 0 aliphatic rings. The Bertz CT molecular complexity index is 716. The number of furan rings is 1. The minimum Gasteiger partial charge on any atom is -0.495 e. The van der Waals surface area contributed by atoms with Crippen molar-refractivity contribution in [2.24, 2.45) is 0 Å². The summed E-state index contributed by atoms with van der Waals surface area (Å²) in [6.07, 6.45) is -0.832. The van der Waals surface area contributed by atoms with Gasteiger partial charge < -0.3 is 14.3 Å². The lowest BCUT2D eigenvalue weighted by Crippen LogP contribution is -1.97. The van der Waals surface area contributed by atoms with Crippen molar-refractivity contribution in [2.45, 2.75) is 6.10 Å². The van der Waals surface area contributed by atoms with Gasteiger partial charge in [0.1, 0.15) is 23.2 Å². The van der Waals surface area contributed by atoms with E-state index < -0.39 is 6.10 Å². The minimum absolute atomic E-state index is 0.484. The van der Waals surface area contributed by atoms with Gasteiger partial charge >= 0.3 is 0 Å². The van der Waals surface area contributed by atoms with Gasteiger partial charge in [-0.3, -0.25) is 0 Å². The molecular formula is C14H11ClO3S. The molecule has 0 fully saturated rings. The molecule has 5 heteroatoms. The minimum atomic E-state index is -0.832. The zero-order valence-electron chi connectivity index (χ0n) is 10.1. The van der Waals surface area contributed by atoms with Gasteiger partial charge in [0, 0.05) is 10.4 Å². The van der Waals surface area contributed by atoms with Crippen LogP contribution < -0.4 is 4.74 Å². The molecule has 3 nitrogen and oxygen atoms in total. The number of aliphatic hydroxyl groups excluding tert-OH is 1. The summed E-state index contributed by atoms with van der Waals surface area (Å²) in [4.78, 5) is 0.729. The first-order chi connectivity index (χ1) is 9.19. The third-order valence-corrected chi connectivity index (χ3v) is 4.08. The first kappa shape index (κ1) is 12.5. The van der Waals surface area contributed by atoms with E-state index in [0.717, 1.165) is 10.3 Å². The molecule has 19 heavy (non-hydrogen) atoms. The van der Waals surface area contributed by atoms with E-state index in [1.54, 1.807) is 25.3 Å². The van der Waals surface area contributed by atoms with E-state index in [2.05, 4.69) is 0 Å². The lowest BCUT2D eigenvalue weighted by Gasteiger charge is -2.07. The normalized spacial score (nSPS) is 12.8. The second-order valence-corrected chi connectivity index (χ2v) is 5.47. The highest BCUT2D eigenvalue weighted by Crippen LogP contribution is 2.36. The highest BCUT2D eigenvalue weighted by atomic mass is 35.5. The standard InChI is InChI=1S/C14H11ClO3S/c1-17-11-4-5-19-14(11)13(16)12-7-8-6-9(15)2-3-10(8)18-12/h2-7,13,16H,1H3. The SMILES string of the molecule is COc1ccsc1C(O)c1cc2cc(Cl)ccc2o1. The molecule has 1 N–H and O–H groups in total. The van der Waals surface area contributed by atoms with Crippen LogP contribution >= 0.6 is 22.9 Å². The van der Waals surface area contributed by atoms with Gasteiger partial charge in [-0.25, -0.2) is 0 Å². The number of halogens is 1. The fraction of sp³-hybridized carbons (Fsp3) is 0.143. The number of thiophene rings is 1. The van der Waals surface area contributed by atoms with E-state index in [-0.39, 0.29) is 0 Å². The number of rotatable bonds is 3. The summed E-state index contributed by atoms with van der Waals surface area (Å²) in [6.45, 7) is 0. The van der Waals surface area contributed by atoms with Crippen LogP contribution in [0.25, 0.3) is 11.0 Å². The van der Waals surface area contributed by atoms with Gasteiger partial charge in [-0.15, -0.1) is 11.3 Å². The van der Waals surface area contributed by atoms with Crippen LogP contribution in [-0.4, -0.2) is 12.2 Å². The van der Waals surface area contributed by atoms with Crippen LogP contribution in [0, 0.1) is 0 Å². The van der Waals surface area contributed by atoms with E-state index in [0.29, 0.717) is 22.1 Å². The number of benzene rings is 1. The summed E-state index contributed by atoms with van der Waals surface area (Å²) in [6, 6.07) is 8.98. The molecule has 0 saturated heterocycles. The van der Waals surface area contributed by atoms with Crippen molar-refractivity contribution >= 4 is 33.9 Å². The molecule has 0 aliphatic carbocycles. The lowest BCUT2D eigenvalue weighted by atomic mass is 10.2. The highest BCUT2D eigenvalue weighted by Gasteiger charge is 2.20. The van der Waals surface area contributed by atoms with Crippen molar-refractivity contribution in [3.8, 4) is 5.75 Å². The Labute approximate surface area is 119 Å². The molecule has 0 radical (unpaired) electrons. The second-order valence-electron chi connectivity index (χ2n) is 4.09. The van der Waals surface area contributed by atoms with Crippen molar-refractivity contribution in [3.63, 3.8) is 0 Å². The molecule has 98 valence electrons. The van der Waals surface area contributed by atoms with Crippen molar-refractivity contribution in [2.75, 3.05) is 7.11 Å². The number of methoxy groups -OCH3 is 1. The molecular weight excluding hydrogens is 284 g/mol. The maximum absolute atomic E-state index is 10.4. The summed E-state index contributed by atoms with van der Waals surface area (Å²) < 4.78 is 10.9. The zero-order valence-corrected chi connectivity index (χ0v) is 11.7. The first-order valence-electron chi connectivity index (χ1n) is 5.67.